The topological polar surface area (TPSA) is 253 Å². The number of hydrogen-bond acceptors (Lipinski definition) is 14. The maximum atomic E-state index is 12.0. The zero-order valence-electron chi connectivity index (χ0n) is 35.3. The van der Waals surface area contributed by atoms with Crippen molar-refractivity contribution in [1.29, 1.82) is 0 Å². The molecule has 9 rings (SSSR count). The van der Waals surface area contributed by atoms with Crippen LogP contribution >= 0.6 is 0 Å². The van der Waals surface area contributed by atoms with Gasteiger partial charge in [-0.25, -0.2) is 29.0 Å². The number of imidazole rings is 2. The molecule has 1 aliphatic heterocycles. The second kappa shape index (κ2) is 19.3. The number of piperidine rings is 1. The lowest BCUT2D eigenvalue weighted by Gasteiger charge is -2.25. The van der Waals surface area contributed by atoms with Gasteiger partial charge in [0.05, 0.1) is 49.1 Å². The highest BCUT2D eigenvalue weighted by Crippen LogP contribution is 2.44. The molecular formula is C43H56N14O4. The van der Waals surface area contributed by atoms with Crippen molar-refractivity contribution in [2.45, 2.75) is 83.1 Å². The molecule has 18 heteroatoms. The number of carbonyl (C=O) groups excluding carboxylic acids is 2. The van der Waals surface area contributed by atoms with E-state index in [1.54, 1.807) is 59.9 Å². The minimum atomic E-state index is -0.608. The highest BCUT2D eigenvalue weighted by atomic mass is 16.5. The summed E-state index contributed by atoms with van der Waals surface area (Å²) in [6.45, 7) is 8.47. The first kappa shape index (κ1) is 42.7. The molecule has 1 unspecified atom stereocenters. The summed E-state index contributed by atoms with van der Waals surface area (Å²) in [5.41, 5.74) is 23.2. The van der Waals surface area contributed by atoms with Gasteiger partial charge in [0.1, 0.15) is 45.9 Å². The Hall–Kier alpha value is -6.40. The van der Waals surface area contributed by atoms with E-state index in [0.717, 1.165) is 86.7 Å². The number of pyridine rings is 2. The van der Waals surface area contributed by atoms with Crippen molar-refractivity contribution < 1.29 is 19.1 Å². The predicted octanol–water partition coefficient (Wildman–Crippen LogP) is 4.69. The molecule has 2 saturated carbocycles. The summed E-state index contributed by atoms with van der Waals surface area (Å²) in [4.78, 5) is 41.1. The number of methoxy groups -OCH3 is 2. The Labute approximate surface area is 354 Å². The van der Waals surface area contributed by atoms with Gasteiger partial charge in [0.25, 0.3) is 11.8 Å². The number of aromatic nitrogens is 8. The normalized spacial score (nSPS) is 16.0. The number of amides is 2. The number of nitrogens with one attached hydrogen (secondary N) is 3. The van der Waals surface area contributed by atoms with Crippen molar-refractivity contribution >= 4 is 34.7 Å². The Balaban J connectivity index is 0.000000162. The van der Waals surface area contributed by atoms with Gasteiger partial charge in [0, 0.05) is 36.6 Å². The number of nitrogen functional groups attached to an aromatic ring is 1. The Morgan fingerprint density at radius 1 is 0.803 bits per heavy atom. The SMILES string of the molecule is CCCCNCC.COc1cc2ncc(-c3ccc(C(N)=O)c(N)n3)n2nc1C1CC1.COc1cc2ncc(-c3ccc(C(N)=O)c(NC4CCCNC4)n3)n2nc1C1CC1. The molecule has 2 aliphatic carbocycles. The summed E-state index contributed by atoms with van der Waals surface area (Å²) < 4.78 is 14.5. The van der Waals surface area contributed by atoms with E-state index in [2.05, 4.69) is 49.8 Å². The lowest BCUT2D eigenvalue weighted by Crippen LogP contribution is -2.39. The molecule has 2 amide bonds. The fraction of sp³-hybridized carbons (Fsp3) is 0.442. The second-order valence-electron chi connectivity index (χ2n) is 15.4. The Morgan fingerprint density at radius 2 is 1.36 bits per heavy atom. The number of carbonyl (C=O) groups is 2. The second-order valence-corrected chi connectivity index (χ2v) is 15.4. The Kier molecular flexibility index (Phi) is 13.5. The van der Waals surface area contributed by atoms with Gasteiger partial charge >= 0.3 is 0 Å². The molecule has 6 aromatic heterocycles. The molecule has 322 valence electrons. The molecule has 0 radical (unpaired) electrons. The van der Waals surface area contributed by atoms with E-state index in [0.29, 0.717) is 51.6 Å². The van der Waals surface area contributed by atoms with Gasteiger partial charge in [0.2, 0.25) is 0 Å². The summed E-state index contributed by atoms with van der Waals surface area (Å²) in [7, 11) is 3.29. The van der Waals surface area contributed by atoms with Gasteiger partial charge in [-0.3, -0.25) is 9.59 Å². The van der Waals surface area contributed by atoms with E-state index in [1.807, 2.05) is 12.1 Å². The number of anilines is 2. The molecule has 3 aliphatic rings. The number of rotatable bonds is 14. The number of nitrogens with two attached hydrogens (primary N) is 3. The van der Waals surface area contributed by atoms with Crippen LogP contribution in [-0.4, -0.2) is 97.4 Å². The zero-order chi connectivity index (χ0) is 43.0. The van der Waals surface area contributed by atoms with Gasteiger partial charge in [-0.15, -0.1) is 0 Å². The lowest BCUT2D eigenvalue weighted by atomic mass is 10.1. The molecule has 7 heterocycles. The molecule has 0 spiro atoms. The van der Waals surface area contributed by atoms with Crippen LogP contribution in [0.5, 0.6) is 11.5 Å². The first-order chi connectivity index (χ1) is 29.6. The van der Waals surface area contributed by atoms with Crippen LogP contribution in [0.25, 0.3) is 34.1 Å². The number of hydrogen-bond donors (Lipinski definition) is 6. The summed E-state index contributed by atoms with van der Waals surface area (Å²) in [6, 6.07) is 10.7. The molecule has 1 saturated heterocycles. The molecule has 9 N–H and O–H groups in total. The van der Waals surface area contributed by atoms with E-state index >= 15 is 0 Å². The zero-order valence-corrected chi connectivity index (χ0v) is 35.3. The van der Waals surface area contributed by atoms with Crippen molar-refractivity contribution in [2.75, 3.05) is 51.4 Å². The van der Waals surface area contributed by atoms with Crippen molar-refractivity contribution in [3.63, 3.8) is 0 Å². The first-order valence-corrected chi connectivity index (χ1v) is 21.0. The molecular weight excluding hydrogens is 777 g/mol. The molecule has 61 heavy (non-hydrogen) atoms. The van der Waals surface area contributed by atoms with Crippen LogP contribution in [0.1, 0.15) is 109 Å². The van der Waals surface area contributed by atoms with Crippen molar-refractivity contribution in [1.82, 2.24) is 49.8 Å². The number of ether oxygens (including phenoxy) is 2. The highest BCUT2D eigenvalue weighted by Gasteiger charge is 2.31. The maximum absolute atomic E-state index is 12.0. The van der Waals surface area contributed by atoms with Crippen molar-refractivity contribution in [3.05, 3.63) is 71.3 Å². The predicted molar refractivity (Wildman–Crippen MR) is 234 cm³/mol. The Bertz CT molecular complexity index is 2480. The maximum Gasteiger partial charge on any atom is 0.252 e. The smallest absolute Gasteiger partial charge is 0.252 e. The van der Waals surface area contributed by atoms with Crippen LogP contribution in [0.15, 0.2) is 48.8 Å². The number of nitrogens with zero attached hydrogens (tertiary/aromatic N) is 8. The molecule has 3 fully saturated rings. The lowest BCUT2D eigenvalue weighted by molar-refractivity contribution is 0.0992. The summed E-state index contributed by atoms with van der Waals surface area (Å²) in [5, 5.41) is 19.5. The standard InChI is InChI=1S/C21H25N7O2.C16H16N6O2.C6H15N/c1-30-17-9-18-24-11-16(28(18)27-19(17)12-4-5-12)15-7-6-14(20(22)29)21(26-15)25-13-3-2-8-23-10-13;1-24-12-6-13-19-7-11(22(13)21-14(12)8-2-3-8)10-5-4-9(16(18)23)15(17)20-10;1-3-5-6-7-4-2/h6-7,9,11-13,23H,2-5,8,10H2,1H3,(H2,22,29)(H,25,26);4-8H,2-3H2,1H3,(H2,17,20)(H2,18,23);7H,3-6H2,1-2H3. The number of primary amides is 2. The fourth-order valence-corrected chi connectivity index (χ4v) is 7.16. The molecule has 18 nitrogen and oxygen atoms in total. The first-order valence-electron chi connectivity index (χ1n) is 21.0. The molecule has 6 aromatic rings. The summed E-state index contributed by atoms with van der Waals surface area (Å²) in [5.74, 6) is 1.85. The largest absolute Gasteiger partial charge is 0.495 e. The molecule has 1 atom stereocenters. The molecule has 0 bridgehead atoms. The average Bonchev–Trinajstić information content (AvgIpc) is 4.21. The van der Waals surface area contributed by atoms with Crippen LogP contribution in [0.4, 0.5) is 11.6 Å². The van der Waals surface area contributed by atoms with Gasteiger partial charge in [-0.2, -0.15) is 10.2 Å². The van der Waals surface area contributed by atoms with Crippen LogP contribution < -0.4 is 42.6 Å². The van der Waals surface area contributed by atoms with E-state index in [4.69, 9.17) is 36.8 Å². The Morgan fingerprint density at radius 3 is 1.82 bits per heavy atom. The minimum Gasteiger partial charge on any atom is -0.495 e. The van der Waals surface area contributed by atoms with Crippen LogP contribution in [0, 0.1) is 0 Å². The average molecular weight is 833 g/mol. The third-order valence-corrected chi connectivity index (χ3v) is 10.8. The van der Waals surface area contributed by atoms with Gasteiger partial charge < -0.3 is 42.6 Å². The van der Waals surface area contributed by atoms with Crippen LogP contribution in [0.3, 0.4) is 0 Å². The summed E-state index contributed by atoms with van der Waals surface area (Å²) >= 11 is 0. The van der Waals surface area contributed by atoms with Gasteiger partial charge in [-0.05, 0) is 88.8 Å². The quantitative estimate of drug-likeness (QED) is 0.0815. The minimum absolute atomic E-state index is 0.0888. The van der Waals surface area contributed by atoms with E-state index < -0.39 is 11.8 Å². The fourth-order valence-electron chi connectivity index (χ4n) is 7.16. The third-order valence-electron chi connectivity index (χ3n) is 10.8. The van der Waals surface area contributed by atoms with Crippen molar-refractivity contribution in [2.24, 2.45) is 11.5 Å². The van der Waals surface area contributed by atoms with Gasteiger partial charge in [0.15, 0.2) is 11.3 Å². The highest BCUT2D eigenvalue weighted by molar-refractivity contribution is 5.98. The summed E-state index contributed by atoms with van der Waals surface area (Å²) in [6.07, 6.45) is 12.6. The number of unbranched alkanes of at least 4 members (excludes halogenated alkanes) is 1. The molecule has 0 aromatic carbocycles. The monoisotopic (exact) mass is 832 g/mol. The van der Waals surface area contributed by atoms with E-state index in [1.165, 1.54) is 19.4 Å². The van der Waals surface area contributed by atoms with Crippen LogP contribution in [-0.2, 0) is 0 Å². The van der Waals surface area contributed by atoms with Crippen LogP contribution in [0.2, 0.25) is 0 Å². The van der Waals surface area contributed by atoms with E-state index in [-0.39, 0.29) is 17.4 Å². The van der Waals surface area contributed by atoms with Crippen molar-refractivity contribution in [3.8, 4) is 34.3 Å². The van der Waals surface area contributed by atoms with Gasteiger partial charge in [-0.1, -0.05) is 20.3 Å². The number of fused-ring (bicyclic) bond motifs is 2. The van der Waals surface area contributed by atoms with E-state index in [9.17, 15) is 9.59 Å². The third kappa shape index (κ3) is 9.98.